The lowest BCUT2D eigenvalue weighted by Crippen LogP contribution is -2.28. The van der Waals surface area contributed by atoms with E-state index in [1.807, 2.05) is 30.5 Å². The van der Waals surface area contributed by atoms with Crippen molar-refractivity contribution in [3.05, 3.63) is 50.6 Å². The average Bonchev–Trinajstić information content (AvgIpc) is 3.07. The smallest absolute Gasteiger partial charge is 0.247 e. The standard InChI is InChI=1S/C19H16BrN3O2S2/c1-11-6-7-26-18(11)14-8-16(24)23-19(15(14)9-21)27-10-17(25)22-13-4-2-12(20)3-5-13/h2-7,14-15H,8,10H2,1H3,(H,22,25). The van der Waals surface area contributed by atoms with Gasteiger partial charge in [0.05, 0.1) is 16.9 Å². The van der Waals surface area contributed by atoms with Crippen molar-refractivity contribution < 1.29 is 9.59 Å². The highest BCUT2D eigenvalue weighted by molar-refractivity contribution is 9.10. The third-order valence-electron chi connectivity index (χ3n) is 4.15. The fourth-order valence-electron chi connectivity index (χ4n) is 2.86. The Hall–Kier alpha value is -1.95. The molecule has 0 bridgehead atoms. The number of hydrogen-bond acceptors (Lipinski definition) is 5. The molecule has 138 valence electrons. The Morgan fingerprint density at radius 1 is 1.41 bits per heavy atom. The van der Waals surface area contributed by atoms with Gasteiger partial charge in [0.2, 0.25) is 11.8 Å². The summed E-state index contributed by atoms with van der Waals surface area (Å²) in [5, 5.41) is 14.9. The van der Waals surface area contributed by atoms with Crippen LogP contribution < -0.4 is 5.32 Å². The normalized spacial score (nSPS) is 19.3. The van der Waals surface area contributed by atoms with E-state index in [1.165, 1.54) is 0 Å². The number of anilines is 1. The Kier molecular flexibility index (Phi) is 6.47. The number of carbonyl (C=O) groups excluding carboxylic acids is 2. The average molecular weight is 462 g/mol. The van der Waals surface area contributed by atoms with Crippen molar-refractivity contribution in [2.24, 2.45) is 10.9 Å². The molecule has 2 amide bonds. The van der Waals surface area contributed by atoms with Crippen LogP contribution in [-0.2, 0) is 9.59 Å². The summed E-state index contributed by atoms with van der Waals surface area (Å²) in [5.74, 6) is -1.06. The number of thiophene rings is 1. The SMILES string of the molecule is Cc1ccsc1C1CC(=O)N=C(SCC(=O)Nc2ccc(Br)cc2)C1C#N. The number of carbonyl (C=O) groups is 2. The number of hydrogen-bond donors (Lipinski definition) is 1. The summed E-state index contributed by atoms with van der Waals surface area (Å²) < 4.78 is 0.928. The fraction of sp³-hybridized carbons (Fsp3) is 0.263. The van der Waals surface area contributed by atoms with E-state index in [1.54, 1.807) is 23.5 Å². The number of nitriles is 1. The van der Waals surface area contributed by atoms with E-state index in [0.29, 0.717) is 10.7 Å². The first kappa shape index (κ1) is 19.8. The summed E-state index contributed by atoms with van der Waals surface area (Å²) in [4.78, 5) is 29.4. The number of aliphatic imine (C=N–C) groups is 1. The van der Waals surface area contributed by atoms with Crippen molar-refractivity contribution in [2.75, 3.05) is 11.1 Å². The lowest BCUT2D eigenvalue weighted by Gasteiger charge is -2.25. The molecule has 2 atom stereocenters. The second kappa shape index (κ2) is 8.83. The number of nitrogens with one attached hydrogen (secondary N) is 1. The molecule has 1 aliphatic heterocycles. The fourth-order valence-corrected chi connectivity index (χ4v) is 5.11. The van der Waals surface area contributed by atoms with Crippen LogP contribution in [0.3, 0.4) is 0 Å². The number of thioether (sulfide) groups is 1. The van der Waals surface area contributed by atoms with E-state index in [9.17, 15) is 14.9 Å². The van der Waals surface area contributed by atoms with Gasteiger partial charge >= 0.3 is 0 Å². The maximum Gasteiger partial charge on any atom is 0.247 e. The molecule has 1 aromatic heterocycles. The summed E-state index contributed by atoms with van der Waals surface area (Å²) >= 11 is 6.06. The van der Waals surface area contributed by atoms with Crippen LogP contribution in [0.1, 0.15) is 22.8 Å². The van der Waals surface area contributed by atoms with Gasteiger partial charge in [-0.3, -0.25) is 9.59 Å². The molecule has 5 nitrogen and oxygen atoms in total. The van der Waals surface area contributed by atoms with Crippen molar-refractivity contribution in [2.45, 2.75) is 19.3 Å². The molecule has 0 spiro atoms. The molecule has 1 N–H and O–H groups in total. The minimum absolute atomic E-state index is 0.0937. The molecule has 8 heteroatoms. The van der Waals surface area contributed by atoms with Gasteiger partial charge in [-0.05, 0) is 48.2 Å². The largest absolute Gasteiger partial charge is 0.325 e. The number of benzene rings is 1. The van der Waals surface area contributed by atoms with E-state index < -0.39 is 5.92 Å². The summed E-state index contributed by atoms with van der Waals surface area (Å²) in [6.07, 6.45) is 0.231. The van der Waals surface area contributed by atoms with Crippen molar-refractivity contribution >= 4 is 61.6 Å². The van der Waals surface area contributed by atoms with Crippen molar-refractivity contribution in [3.8, 4) is 6.07 Å². The third-order valence-corrected chi connectivity index (χ3v) is 6.88. The molecular formula is C19H16BrN3O2S2. The zero-order valence-electron chi connectivity index (χ0n) is 14.4. The summed E-state index contributed by atoms with van der Waals surface area (Å²) in [6.45, 7) is 1.98. The van der Waals surface area contributed by atoms with E-state index in [0.717, 1.165) is 26.7 Å². The molecule has 0 radical (unpaired) electrons. The lowest BCUT2D eigenvalue weighted by molar-refractivity contribution is -0.118. The molecule has 1 aliphatic rings. The van der Waals surface area contributed by atoms with Crippen LogP contribution >= 0.6 is 39.0 Å². The molecule has 2 heterocycles. The van der Waals surface area contributed by atoms with Crippen molar-refractivity contribution in [1.82, 2.24) is 0 Å². The number of aryl methyl sites for hydroxylation is 1. The van der Waals surface area contributed by atoms with Crippen LogP contribution in [0, 0.1) is 24.2 Å². The highest BCUT2D eigenvalue weighted by Gasteiger charge is 2.36. The van der Waals surface area contributed by atoms with Gasteiger partial charge in [-0.15, -0.1) is 11.3 Å². The number of halogens is 1. The Balaban J connectivity index is 1.68. The molecule has 0 fully saturated rings. The zero-order chi connectivity index (χ0) is 19.4. The Bertz CT molecular complexity index is 931. The van der Waals surface area contributed by atoms with E-state index in [2.05, 4.69) is 32.3 Å². The van der Waals surface area contributed by atoms with Gasteiger partial charge in [0.1, 0.15) is 5.92 Å². The summed E-state index contributed by atoms with van der Waals surface area (Å²) in [6, 6.07) is 11.5. The molecule has 2 aromatic rings. The lowest BCUT2D eigenvalue weighted by atomic mass is 9.86. The Morgan fingerprint density at radius 2 is 2.15 bits per heavy atom. The second-order valence-electron chi connectivity index (χ2n) is 6.07. The maximum atomic E-state index is 12.2. The first-order valence-corrected chi connectivity index (χ1v) is 10.9. The van der Waals surface area contributed by atoms with Crippen LogP contribution in [0.15, 0.2) is 45.2 Å². The molecule has 3 rings (SSSR count). The van der Waals surface area contributed by atoms with Gasteiger partial charge in [0.25, 0.3) is 0 Å². The minimum Gasteiger partial charge on any atom is -0.325 e. The van der Waals surface area contributed by atoms with Gasteiger partial charge in [-0.1, -0.05) is 27.7 Å². The summed E-state index contributed by atoms with van der Waals surface area (Å²) in [7, 11) is 0. The predicted molar refractivity (Wildman–Crippen MR) is 113 cm³/mol. The van der Waals surface area contributed by atoms with Crippen molar-refractivity contribution in [1.29, 1.82) is 5.26 Å². The van der Waals surface area contributed by atoms with Crippen LogP contribution in [0.25, 0.3) is 0 Å². The van der Waals surface area contributed by atoms with Gasteiger partial charge in [-0.2, -0.15) is 5.26 Å². The highest BCUT2D eigenvalue weighted by atomic mass is 79.9. The topological polar surface area (TPSA) is 82.3 Å². The highest BCUT2D eigenvalue weighted by Crippen LogP contribution is 2.39. The monoisotopic (exact) mass is 461 g/mol. The Labute approximate surface area is 174 Å². The zero-order valence-corrected chi connectivity index (χ0v) is 17.7. The van der Waals surface area contributed by atoms with Gasteiger partial charge < -0.3 is 5.32 Å². The van der Waals surface area contributed by atoms with Crippen molar-refractivity contribution in [3.63, 3.8) is 0 Å². The molecule has 1 aromatic carbocycles. The van der Waals surface area contributed by atoms with Gasteiger partial charge in [-0.25, -0.2) is 4.99 Å². The van der Waals surface area contributed by atoms with E-state index >= 15 is 0 Å². The van der Waals surface area contributed by atoms with Gasteiger partial charge in [0, 0.05) is 27.4 Å². The predicted octanol–water partition coefficient (Wildman–Crippen LogP) is 4.74. The van der Waals surface area contributed by atoms with Crippen LogP contribution in [0.5, 0.6) is 0 Å². The molecule has 0 saturated heterocycles. The molecule has 2 unspecified atom stereocenters. The van der Waals surface area contributed by atoms with E-state index in [4.69, 9.17) is 0 Å². The Morgan fingerprint density at radius 3 is 2.78 bits per heavy atom. The third kappa shape index (κ3) is 4.86. The molecule has 0 saturated carbocycles. The second-order valence-corrected chi connectivity index (χ2v) is 8.93. The van der Waals surface area contributed by atoms with Crippen LogP contribution in [0.2, 0.25) is 0 Å². The number of rotatable bonds is 4. The van der Waals surface area contributed by atoms with Crippen LogP contribution in [0.4, 0.5) is 5.69 Å². The molecular weight excluding hydrogens is 446 g/mol. The number of nitrogens with zero attached hydrogens (tertiary/aromatic N) is 2. The molecule has 27 heavy (non-hydrogen) atoms. The number of amides is 2. The van der Waals surface area contributed by atoms with Gasteiger partial charge in [0.15, 0.2) is 0 Å². The maximum absolute atomic E-state index is 12.2. The minimum atomic E-state index is -0.509. The molecule has 0 aliphatic carbocycles. The van der Waals surface area contributed by atoms with Crippen LogP contribution in [-0.4, -0.2) is 22.6 Å². The van der Waals surface area contributed by atoms with E-state index in [-0.39, 0.29) is 29.9 Å². The quantitative estimate of drug-likeness (QED) is 0.712. The summed E-state index contributed by atoms with van der Waals surface area (Å²) in [5.41, 5.74) is 1.77. The first-order chi connectivity index (χ1) is 13.0. The first-order valence-electron chi connectivity index (χ1n) is 8.21.